The van der Waals surface area contributed by atoms with E-state index in [0.29, 0.717) is 24.7 Å². The van der Waals surface area contributed by atoms with Crippen molar-refractivity contribution in [2.45, 2.75) is 26.3 Å². The molecular weight excluding hydrogens is 232 g/mol. The fraction of sp³-hybridized carbons (Fsp3) is 0.462. The minimum atomic E-state index is -0.223. The predicted molar refractivity (Wildman–Crippen MR) is 69.3 cm³/mol. The third kappa shape index (κ3) is 3.29. The highest BCUT2D eigenvalue weighted by molar-refractivity contribution is 5.89. The lowest BCUT2D eigenvalue weighted by Gasteiger charge is -2.12. The second kappa shape index (κ2) is 5.62. The van der Waals surface area contributed by atoms with Gasteiger partial charge in [0.15, 0.2) is 11.5 Å². The van der Waals surface area contributed by atoms with E-state index in [9.17, 15) is 4.79 Å². The van der Waals surface area contributed by atoms with Crippen molar-refractivity contribution in [3.8, 4) is 11.5 Å². The van der Waals surface area contributed by atoms with Crippen molar-refractivity contribution in [1.82, 2.24) is 5.32 Å². The first-order chi connectivity index (χ1) is 8.65. The lowest BCUT2D eigenvalue weighted by molar-refractivity contribution is 0.250. The normalized spacial score (nSPS) is 13.9. The highest BCUT2D eigenvalue weighted by atomic mass is 16.5. The van der Waals surface area contributed by atoms with Gasteiger partial charge in [-0.25, -0.2) is 4.79 Å². The molecular formula is C13H18N2O3. The van der Waals surface area contributed by atoms with Crippen LogP contribution in [-0.2, 0) is 0 Å². The van der Waals surface area contributed by atoms with Crippen molar-refractivity contribution in [3.05, 3.63) is 18.2 Å². The van der Waals surface area contributed by atoms with Crippen LogP contribution in [0.1, 0.15) is 20.3 Å². The number of ether oxygens (including phenoxy) is 2. The highest BCUT2D eigenvalue weighted by Gasteiger charge is 2.11. The molecule has 0 fully saturated rings. The number of urea groups is 1. The van der Waals surface area contributed by atoms with Gasteiger partial charge in [0.2, 0.25) is 0 Å². The standard InChI is InChI=1S/C13H18N2O3/c1-9(2)14-13(16)15-10-4-5-11-12(8-10)18-7-3-6-17-11/h4-5,8-9H,3,6-7H2,1-2H3,(H2,14,15,16). The van der Waals surface area contributed by atoms with E-state index in [2.05, 4.69) is 10.6 Å². The molecule has 2 rings (SSSR count). The van der Waals surface area contributed by atoms with Crippen LogP contribution in [0.2, 0.25) is 0 Å². The molecule has 0 saturated carbocycles. The molecule has 5 heteroatoms. The summed E-state index contributed by atoms with van der Waals surface area (Å²) in [6, 6.07) is 5.27. The maximum absolute atomic E-state index is 11.6. The molecule has 1 aromatic rings. The summed E-state index contributed by atoms with van der Waals surface area (Å²) in [5, 5.41) is 5.52. The lowest BCUT2D eigenvalue weighted by Crippen LogP contribution is -2.34. The van der Waals surface area contributed by atoms with Crippen molar-refractivity contribution < 1.29 is 14.3 Å². The fourth-order valence-corrected chi connectivity index (χ4v) is 1.67. The van der Waals surface area contributed by atoms with Crippen LogP contribution in [-0.4, -0.2) is 25.3 Å². The van der Waals surface area contributed by atoms with Crippen LogP contribution in [0.25, 0.3) is 0 Å². The van der Waals surface area contributed by atoms with Gasteiger partial charge >= 0.3 is 6.03 Å². The quantitative estimate of drug-likeness (QED) is 0.847. The van der Waals surface area contributed by atoms with E-state index in [-0.39, 0.29) is 12.1 Å². The van der Waals surface area contributed by atoms with Gasteiger partial charge < -0.3 is 20.1 Å². The molecule has 2 N–H and O–H groups in total. The van der Waals surface area contributed by atoms with E-state index in [1.54, 1.807) is 12.1 Å². The zero-order chi connectivity index (χ0) is 13.0. The highest BCUT2D eigenvalue weighted by Crippen LogP contribution is 2.32. The van der Waals surface area contributed by atoms with E-state index in [1.165, 1.54) is 0 Å². The van der Waals surface area contributed by atoms with Crippen LogP contribution in [0.4, 0.5) is 10.5 Å². The van der Waals surface area contributed by atoms with E-state index in [4.69, 9.17) is 9.47 Å². The molecule has 1 aromatic carbocycles. The smallest absolute Gasteiger partial charge is 0.319 e. The Morgan fingerprint density at radius 2 is 1.94 bits per heavy atom. The first kappa shape index (κ1) is 12.5. The Morgan fingerprint density at radius 1 is 1.22 bits per heavy atom. The second-order valence-corrected chi connectivity index (χ2v) is 4.47. The summed E-state index contributed by atoms with van der Waals surface area (Å²) in [5.74, 6) is 1.40. The third-order valence-electron chi connectivity index (χ3n) is 2.43. The summed E-state index contributed by atoms with van der Waals surface area (Å²) in [4.78, 5) is 11.6. The molecule has 0 aliphatic carbocycles. The molecule has 1 aliphatic rings. The first-order valence-electron chi connectivity index (χ1n) is 6.12. The van der Waals surface area contributed by atoms with Gasteiger partial charge in [0, 0.05) is 24.2 Å². The van der Waals surface area contributed by atoms with E-state index >= 15 is 0 Å². The molecule has 0 radical (unpaired) electrons. The van der Waals surface area contributed by atoms with Crippen LogP contribution in [0, 0.1) is 0 Å². The number of hydrogen-bond acceptors (Lipinski definition) is 3. The molecule has 0 aromatic heterocycles. The lowest BCUT2D eigenvalue weighted by atomic mass is 10.2. The average Bonchev–Trinajstić information content (AvgIpc) is 2.52. The summed E-state index contributed by atoms with van der Waals surface area (Å²) in [6.07, 6.45) is 0.866. The summed E-state index contributed by atoms with van der Waals surface area (Å²) >= 11 is 0. The Labute approximate surface area is 106 Å². The largest absolute Gasteiger partial charge is 0.490 e. The number of anilines is 1. The summed E-state index contributed by atoms with van der Waals surface area (Å²) in [5.41, 5.74) is 0.692. The SMILES string of the molecule is CC(C)NC(=O)Nc1ccc2c(c1)OCCCO2. The molecule has 0 spiro atoms. The Bertz CT molecular complexity index is 432. The maximum atomic E-state index is 11.6. The maximum Gasteiger partial charge on any atom is 0.319 e. The zero-order valence-electron chi connectivity index (χ0n) is 10.7. The summed E-state index contributed by atoms with van der Waals surface area (Å²) in [7, 11) is 0. The van der Waals surface area contributed by atoms with Gasteiger partial charge in [-0.05, 0) is 26.0 Å². The second-order valence-electron chi connectivity index (χ2n) is 4.47. The van der Waals surface area contributed by atoms with Gasteiger partial charge in [0.05, 0.1) is 13.2 Å². The number of carbonyl (C=O) groups is 1. The van der Waals surface area contributed by atoms with Crippen molar-refractivity contribution in [2.24, 2.45) is 0 Å². The van der Waals surface area contributed by atoms with Crippen LogP contribution < -0.4 is 20.1 Å². The van der Waals surface area contributed by atoms with Crippen molar-refractivity contribution in [3.63, 3.8) is 0 Å². The van der Waals surface area contributed by atoms with Crippen molar-refractivity contribution >= 4 is 11.7 Å². The molecule has 98 valence electrons. The van der Waals surface area contributed by atoms with Crippen LogP contribution in [0.5, 0.6) is 11.5 Å². The molecule has 0 atom stereocenters. The number of nitrogens with one attached hydrogen (secondary N) is 2. The molecule has 0 saturated heterocycles. The minimum absolute atomic E-state index is 0.102. The van der Waals surface area contributed by atoms with Crippen LogP contribution in [0.3, 0.4) is 0 Å². The zero-order valence-corrected chi connectivity index (χ0v) is 10.7. The van der Waals surface area contributed by atoms with Crippen molar-refractivity contribution in [1.29, 1.82) is 0 Å². The van der Waals surface area contributed by atoms with E-state index in [0.717, 1.165) is 12.2 Å². The van der Waals surface area contributed by atoms with Gasteiger partial charge in [0.25, 0.3) is 0 Å². The number of rotatable bonds is 2. The number of hydrogen-bond donors (Lipinski definition) is 2. The minimum Gasteiger partial charge on any atom is -0.490 e. The predicted octanol–water partition coefficient (Wildman–Crippen LogP) is 2.38. The van der Waals surface area contributed by atoms with Gasteiger partial charge in [-0.2, -0.15) is 0 Å². The number of amides is 2. The van der Waals surface area contributed by atoms with E-state index < -0.39 is 0 Å². The Morgan fingerprint density at radius 3 is 2.67 bits per heavy atom. The average molecular weight is 250 g/mol. The topological polar surface area (TPSA) is 59.6 Å². The molecule has 5 nitrogen and oxygen atoms in total. The van der Waals surface area contributed by atoms with Gasteiger partial charge in [-0.15, -0.1) is 0 Å². The molecule has 0 bridgehead atoms. The van der Waals surface area contributed by atoms with Gasteiger partial charge in [-0.1, -0.05) is 0 Å². The molecule has 18 heavy (non-hydrogen) atoms. The fourth-order valence-electron chi connectivity index (χ4n) is 1.67. The molecule has 1 heterocycles. The third-order valence-corrected chi connectivity index (χ3v) is 2.43. The van der Waals surface area contributed by atoms with Gasteiger partial charge in [0.1, 0.15) is 0 Å². The number of benzene rings is 1. The monoisotopic (exact) mass is 250 g/mol. The Kier molecular flexibility index (Phi) is 3.92. The number of carbonyl (C=O) groups excluding carboxylic acids is 1. The number of fused-ring (bicyclic) bond motifs is 1. The van der Waals surface area contributed by atoms with Crippen LogP contribution in [0.15, 0.2) is 18.2 Å². The summed E-state index contributed by atoms with van der Waals surface area (Å²) < 4.78 is 11.1. The van der Waals surface area contributed by atoms with Crippen LogP contribution >= 0.6 is 0 Å². The van der Waals surface area contributed by atoms with Crippen molar-refractivity contribution in [2.75, 3.05) is 18.5 Å². The first-order valence-corrected chi connectivity index (χ1v) is 6.12. The Balaban J connectivity index is 2.06. The molecule has 2 amide bonds. The Hall–Kier alpha value is -1.91. The molecule has 1 aliphatic heterocycles. The summed E-state index contributed by atoms with van der Waals surface area (Å²) in [6.45, 7) is 5.11. The van der Waals surface area contributed by atoms with E-state index in [1.807, 2.05) is 19.9 Å². The molecule has 0 unspecified atom stereocenters. The van der Waals surface area contributed by atoms with Gasteiger partial charge in [-0.3, -0.25) is 0 Å².